The normalized spacial score (nSPS) is 11.5. The Bertz CT molecular complexity index is 638. The van der Waals surface area contributed by atoms with Crippen LogP contribution in [-0.2, 0) is 0 Å². The van der Waals surface area contributed by atoms with Crippen LogP contribution in [0.1, 0.15) is 35.6 Å². The number of hydrogen-bond acceptors (Lipinski definition) is 3. The minimum Gasteiger partial charge on any atom is -0.350 e. The molecule has 2 heterocycles. The Kier molecular flexibility index (Phi) is 4.14. The molecule has 0 radical (unpaired) electrons. The summed E-state index contributed by atoms with van der Waals surface area (Å²) in [6.07, 6.45) is 1.74. The minimum absolute atomic E-state index is 0.108. The second-order valence-electron chi connectivity index (χ2n) is 5.98. The van der Waals surface area contributed by atoms with Crippen LogP contribution >= 0.6 is 0 Å². The quantitative estimate of drug-likeness (QED) is 0.902. The van der Waals surface area contributed by atoms with E-state index in [9.17, 15) is 4.79 Å². The molecule has 0 unspecified atom stereocenters. The molecule has 0 aromatic carbocycles. The van der Waals surface area contributed by atoms with E-state index >= 15 is 0 Å². The zero-order valence-electron chi connectivity index (χ0n) is 13.0. The van der Waals surface area contributed by atoms with Crippen LogP contribution < -0.4 is 11.1 Å². The molecule has 0 saturated carbocycles. The largest absolute Gasteiger partial charge is 0.350 e. The molecular formula is C16H22N4O. The molecule has 0 aliphatic heterocycles. The van der Waals surface area contributed by atoms with Gasteiger partial charge in [0.05, 0.1) is 5.56 Å². The van der Waals surface area contributed by atoms with Crippen LogP contribution in [0.25, 0.3) is 5.82 Å². The Balaban J connectivity index is 2.29. The van der Waals surface area contributed by atoms with Gasteiger partial charge < -0.3 is 15.6 Å². The third-order valence-corrected chi connectivity index (χ3v) is 3.26. The third-order valence-electron chi connectivity index (χ3n) is 3.26. The van der Waals surface area contributed by atoms with Crippen molar-refractivity contribution in [2.24, 2.45) is 5.73 Å². The summed E-state index contributed by atoms with van der Waals surface area (Å²) in [5.41, 5.74) is 7.97. The zero-order chi connectivity index (χ0) is 15.6. The van der Waals surface area contributed by atoms with Crippen molar-refractivity contribution in [1.29, 1.82) is 0 Å². The van der Waals surface area contributed by atoms with E-state index in [1.54, 1.807) is 6.20 Å². The summed E-state index contributed by atoms with van der Waals surface area (Å²) < 4.78 is 1.97. The number of nitrogens with zero attached hydrogens (tertiary/aromatic N) is 2. The second-order valence-corrected chi connectivity index (χ2v) is 5.98. The molecule has 0 atom stereocenters. The number of nitrogens with two attached hydrogens (primary N) is 1. The van der Waals surface area contributed by atoms with Crippen molar-refractivity contribution >= 4 is 5.91 Å². The van der Waals surface area contributed by atoms with Gasteiger partial charge in [-0.1, -0.05) is 6.07 Å². The first kappa shape index (κ1) is 15.3. The fourth-order valence-electron chi connectivity index (χ4n) is 2.23. The number of aryl methyl sites for hydroxylation is 1. The predicted molar refractivity (Wildman–Crippen MR) is 83.6 cm³/mol. The van der Waals surface area contributed by atoms with Crippen LogP contribution in [0.3, 0.4) is 0 Å². The lowest BCUT2D eigenvalue weighted by Crippen LogP contribution is -2.45. The Morgan fingerprint density at radius 3 is 2.67 bits per heavy atom. The molecule has 0 spiro atoms. The van der Waals surface area contributed by atoms with Crippen LogP contribution in [0.4, 0.5) is 0 Å². The molecular weight excluding hydrogens is 264 g/mol. The monoisotopic (exact) mass is 286 g/mol. The number of carbonyl (C=O) groups excluding carboxylic acids is 1. The molecule has 2 aromatic rings. The lowest BCUT2D eigenvalue weighted by atomic mass is 10.1. The molecule has 0 fully saturated rings. The number of hydrogen-bond donors (Lipinski definition) is 2. The second kappa shape index (κ2) is 5.69. The van der Waals surface area contributed by atoms with Gasteiger partial charge in [0.25, 0.3) is 5.91 Å². The van der Waals surface area contributed by atoms with Gasteiger partial charge in [-0.15, -0.1) is 0 Å². The lowest BCUT2D eigenvalue weighted by molar-refractivity contribution is 0.0945. The van der Waals surface area contributed by atoms with Crippen LogP contribution in [0.15, 0.2) is 30.5 Å². The SMILES string of the molecule is Cc1cc(C(=O)NCC(C)(C)N)c(C)n1-c1ccccn1. The van der Waals surface area contributed by atoms with E-state index in [4.69, 9.17) is 5.73 Å². The fraction of sp³-hybridized carbons (Fsp3) is 0.375. The van der Waals surface area contributed by atoms with E-state index in [1.807, 2.05) is 56.5 Å². The van der Waals surface area contributed by atoms with Gasteiger partial charge in [-0.05, 0) is 45.9 Å². The van der Waals surface area contributed by atoms with Crippen LogP contribution in [0, 0.1) is 13.8 Å². The topological polar surface area (TPSA) is 72.9 Å². The van der Waals surface area contributed by atoms with Crippen molar-refractivity contribution in [2.75, 3.05) is 6.54 Å². The van der Waals surface area contributed by atoms with E-state index in [-0.39, 0.29) is 5.91 Å². The van der Waals surface area contributed by atoms with E-state index in [1.165, 1.54) is 0 Å². The summed E-state index contributed by atoms with van der Waals surface area (Å²) in [4.78, 5) is 16.6. The van der Waals surface area contributed by atoms with Crippen molar-refractivity contribution < 1.29 is 4.79 Å². The zero-order valence-corrected chi connectivity index (χ0v) is 13.0. The minimum atomic E-state index is -0.428. The van der Waals surface area contributed by atoms with Gasteiger partial charge in [-0.25, -0.2) is 4.98 Å². The number of pyridine rings is 1. The standard InChI is InChI=1S/C16H22N4O/c1-11-9-13(15(21)19-10-16(3,4)17)12(2)20(11)14-7-5-6-8-18-14/h5-9H,10,17H2,1-4H3,(H,19,21). The van der Waals surface area contributed by atoms with Gasteiger partial charge in [0.2, 0.25) is 0 Å². The van der Waals surface area contributed by atoms with Crippen LogP contribution in [-0.4, -0.2) is 27.5 Å². The highest BCUT2D eigenvalue weighted by atomic mass is 16.1. The highest BCUT2D eigenvalue weighted by Gasteiger charge is 2.19. The molecule has 5 nitrogen and oxygen atoms in total. The van der Waals surface area contributed by atoms with Crippen molar-refractivity contribution in [3.63, 3.8) is 0 Å². The van der Waals surface area contributed by atoms with Crippen molar-refractivity contribution in [3.05, 3.63) is 47.4 Å². The van der Waals surface area contributed by atoms with Crippen LogP contribution in [0.5, 0.6) is 0 Å². The van der Waals surface area contributed by atoms with Crippen molar-refractivity contribution in [2.45, 2.75) is 33.2 Å². The molecule has 0 aliphatic rings. The van der Waals surface area contributed by atoms with E-state index < -0.39 is 5.54 Å². The number of rotatable bonds is 4. The van der Waals surface area contributed by atoms with Gasteiger partial charge in [0.15, 0.2) is 0 Å². The van der Waals surface area contributed by atoms with Crippen molar-refractivity contribution in [1.82, 2.24) is 14.9 Å². The van der Waals surface area contributed by atoms with Gasteiger partial charge in [0.1, 0.15) is 5.82 Å². The van der Waals surface area contributed by atoms with Crippen molar-refractivity contribution in [3.8, 4) is 5.82 Å². The van der Waals surface area contributed by atoms with E-state index in [0.29, 0.717) is 12.1 Å². The predicted octanol–water partition coefficient (Wildman–Crippen LogP) is 1.96. The van der Waals surface area contributed by atoms with E-state index in [0.717, 1.165) is 17.2 Å². The maximum absolute atomic E-state index is 12.3. The highest BCUT2D eigenvalue weighted by molar-refractivity contribution is 5.95. The average Bonchev–Trinajstić information content (AvgIpc) is 2.71. The van der Waals surface area contributed by atoms with E-state index in [2.05, 4.69) is 10.3 Å². The molecule has 0 aliphatic carbocycles. The summed E-state index contributed by atoms with van der Waals surface area (Å²) in [5.74, 6) is 0.703. The molecule has 1 amide bonds. The first-order valence-electron chi connectivity index (χ1n) is 6.97. The smallest absolute Gasteiger partial charge is 0.253 e. The van der Waals surface area contributed by atoms with Gasteiger partial charge >= 0.3 is 0 Å². The Hall–Kier alpha value is -2.14. The molecule has 5 heteroatoms. The molecule has 0 saturated heterocycles. The molecule has 3 N–H and O–H groups in total. The third kappa shape index (κ3) is 3.49. The number of amides is 1. The van der Waals surface area contributed by atoms with Crippen LogP contribution in [0.2, 0.25) is 0 Å². The van der Waals surface area contributed by atoms with Gasteiger partial charge in [-0.2, -0.15) is 0 Å². The summed E-state index contributed by atoms with van der Waals surface area (Å²) in [7, 11) is 0. The van der Waals surface area contributed by atoms with Gasteiger partial charge in [-0.3, -0.25) is 4.79 Å². The summed E-state index contributed by atoms with van der Waals surface area (Å²) >= 11 is 0. The van der Waals surface area contributed by atoms with Gasteiger partial charge in [0, 0.05) is 29.7 Å². The fourth-order valence-corrected chi connectivity index (χ4v) is 2.23. The number of nitrogens with one attached hydrogen (secondary N) is 1. The molecule has 0 bridgehead atoms. The summed E-state index contributed by atoms with van der Waals surface area (Å²) in [6.45, 7) is 8.07. The summed E-state index contributed by atoms with van der Waals surface area (Å²) in [5, 5.41) is 2.87. The molecule has 112 valence electrons. The average molecular weight is 286 g/mol. The molecule has 21 heavy (non-hydrogen) atoms. The highest BCUT2D eigenvalue weighted by Crippen LogP contribution is 2.19. The molecule has 2 rings (SSSR count). The first-order chi connectivity index (χ1) is 9.79. The Morgan fingerprint density at radius 1 is 1.38 bits per heavy atom. The maximum Gasteiger partial charge on any atom is 0.253 e. The first-order valence-corrected chi connectivity index (χ1v) is 6.97. The maximum atomic E-state index is 12.3. The summed E-state index contributed by atoms with van der Waals surface area (Å²) in [6, 6.07) is 7.60. The molecule has 2 aromatic heterocycles. The Labute approximate surface area is 125 Å². The number of carbonyl (C=O) groups is 1. The lowest BCUT2D eigenvalue weighted by Gasteiger charge is -2.18. The Morgan fingerprint density at radius 2 is 2.10 bits per heavy atom. The number of aromatic nitrogens is 2.